The van der Waals surface area contributed by atoms with Crippen LogP contribution < -0.4 is 5.32 Å². The number of hydrogen-bond donors (Lipinski definition) is 2. The van der Waals surface area contributed by atoms with E-state index in [1.54, 1.807) is 31.4 Å². The molecule has 2 rings (SSSR count). The molecule has 1 amide bonds. The van der Waals surface area contributed by atoms with Crippen LogP contribution in [0.3, 0.4) is 0 Å². The van der Waals surface area contributed by atoms with Crippen LogP contribution in [0.4, 0.5) is 4.39 Å². The molecule has 0 saturated carbocycles. The number of carbonyl (C=O) groups is 2. The van der Waals surface area contributed by atoms with Crippen LogP contribution in [0.1, 0.15) is 30.1 Å². The number of nitrogens with one attached hydrogen (secondary N) is 1. The zero-order valence-corrected chi connectivity index (χ0v) is 14.3. The molecule has 1 heterocycles. The van der Waals surface area contributed by atoms with Gasteiger partial charge in [-0.2, -0.15) is 0 Å². The summed E-state index contributed by atoms with van der Waals surface area (Å²) in [6.07, 6.45) is 0.604. The van der Waals surface area contributed by atoms with E-state index in [2.05, 4.69) is 10.3 Å². The Bertz CT molecular complexity index is 713. The maximum Gasteiger partial charge on any atom is 0.326 e. The molecule has 7 heteroatoms. The van der Waals surface area contributed by atoms with Crippen molar-refractivity contribution in [3.05, 3.63) is 51.7 Å². The first kappa shape index (κ1) is 18.1. The highest BCUT2D eigenvalue weighted by Gasteiger charge is 2.23. The lowest BCUT2D eigenvalue weighted by Gasteiger charge is -2.17. The molecule has 128 valence electrons. The third-order valence-electron chi connectivity index (χ3n) is 3.46. The van der Waals surface area contributed by atoms with E-state index >= 15 is 0 Å². The Kier molecular flexibility index (Phi) is 6.03. The zero-order valence-electron chi connectivity index (χ0n) is 13.5. The molecule has 0 radical (unpaired) electrons. The van der Waals surface area contributed by atoms with E-state index < -0.39 is 12.0 Å². The molecular formula is C17H19FN2O3S. The smallest absolute Gasteiger partial charge is 0.326 e. The molecule has 2 aromatic rings. The molecule has 24 heavy (non-hydrogen) atoms. The highest BCUT2D eigenvalue weighted by molar-refractivity contribution is 7.09. The molecule has 2 N–H and O–H groups in total. The van der Waals surface area contributed by atoms with Crippen molar-refractivity contribution in [1.82, 2.24) is 10.3 Å². The summed E-state index contributed by atoms with van der Waals surface area (Å²) in [5.41, 5.74) is 1.54. The Morgan fingerprint density at radius 3 is 2.54 bits per heavy atom. The standard InChI is InChI=1S/C17H19FN2O3S/c1-10(2)16(17(22)23)20-14(21)8-13-9-24-15(19-13)7-11-3-5-12(18)6-4-11/h3-6,9-10,16H,7-8H2,1-2H3,(H,20,21)(H,22,23). The molecule has 5 nitrogen and oxygen atoms in total. The average Bonchev–Trinajstić information content (AvgIpc) is 2.93. The van der Waals surface area contributed by atoms with Gasteiger partial charge in [0.2, 0.25) is 5.91 Å². The number of carbonyl (C=O) groups excluding carboxylic acids is 1. The maximum absolute atomic E-state index is 12.9. The van der Waals surface area contributed by atoms with Crippen LogP contribution in [-0.2, 0) is 22.4 Å². The van der Waals surface area contributed by atoms with Crippen molar-refractivity contribution in [2.45, 2.75) is 32.7 Å². The number of thiazole rings is 1. The number of carboxylic acids is 1. The number of carboxylic acid groups (broad SMARTS) is 1. The number of nitrogens with zero attached hydrogens (tertiary/aromatic N) is 1. The third kappa shape index (κ3) is 5.13. The van der Waals surface area contributed by atoms with Crippen LogP contribution in [0.25, 0.3) is 0 Å². The minimum absolute atomic E-state index is 0.0381. The molecule has 1 aromatic heterocycles. The first-order valence-electron chi connectivity index (χ1n) is 7.55. The van der Waals surface area contributed by atoms with E-state index in [9.17, 15) is 14.0 Å². The summed E-state index contributed by atoms with van der Waals surface area (Å²) in [4.78, 5) is 27.5. The van der Waals surface area contributed by atoms with Gasteiger partial charge in [-0.15, -0.1) is 11.3 Å². The average molecular weight is 350 g/mol. The van der Waals surface area contributed by atoms with Crippen LogP contribution >= 0.6 is 11.3 Å². The Hall–Kier alpha value is -2.28. The van der Waals surface area contributed by atoms with Crippen LogP contribution in [-0.4, -0.2) is 28.0 Å². The Balaban J connectivity index is 1.94. The largest absolute Gasteiger partial charge is 0.480 e. The van der Waals surface area contributed by atoms with Gasteiger partial charge in [0.25, 0.3) is 0 Å². The maximum atomic E-state index is 12.9. The zero-order chi connectivity index (χ0) is 17.7. The van der Waals surface area contributed by atoms with Gasteiger partial charge in [0.1, 0.15) is 11.9 Å². The summed E-state index contributed by atoms with van der Waals surface area (Å²) in [5.74, 6) is -1.90. The first-order valence-corrected chi connectivity index (χ1v) is 8.43. The van der Waals surface area contributed by atoms with Crippen molar-refractivity contribution in [3.63, 3.8) is 0 Å². The topological polar surface area (TPSA) is 79.3 Å². The van der Waals surface area contributed by atoms with Crippen molar-refractivity contribution in [1.29, 1.82) is 0 Å². The molecule has 0 aliphatic carbocycles. The van der Waals surface area contributed by atoms with Gasteiger partial charge in [0.05, 0.1) is 17.1 Å². The van der Waals surface area contributed by atoms with Gasteiger partial charge in [-0.1, -0.05) is 26.0 Å². The van der Waals surface area contributed by atoms with E-state index in [4.69, 9.17) is 5.11 Å². The lowest BCUT2D eigenvalue weighted by Crippen LogP contribution is -2.44. The summed E-state index contributed by atoms with van der Waals surface area (Å²) in [6, 6.07) is 5.28. The van der Waals surface area contributed by atoms with Crippen LogP contribution in [0.2, 0.25) is 0 Å². The van der Waals surface area contributed by atoms with Gasteiger partial charge in [0.15, 0.2) is 0 Å². The molecule has 0 aliphatic heterocycles. The van der Waals surface area contributed by atoms with E-state index in [0.717, 1.165) is 10.6 Å². The van der Waals surface area contributed by atoms with Crippen LogP contribution in [0.15, 0.2) is 29.6 Å². The van der Waals surface area contributed by atoms with Gasteiger partial charge < -0.3 is 10.4 Å². The second-order valence-corrected chi connectivity index (χ2v) is 6.78. The lowest BCUT2D eigenvalue weighted by molar-refractivity contribution is -0.143. The number of rotatable bonds is 7. The summed E-state index contributed by atoms with van der Waals surface area (Å²) in [7, 11) is 0. The third-order valence-corrected chi connectivity index (χ3v) is 4.36. The van der Waals surface area contributed by atoms with Crippen LogP contribution in [0.5, 0.6) is 0 Å². The second kappa shape index (κ2) is 8.01. The van der Waals surface area contributed by atoms with Crippen molar-refractivity contribution < 1.29 is 19.1 Å². The number of hydrogen-bond acceptors (Lipinski definition) is 4. The Morgan fingerprint density at radius 2 is 1.96 bits per heavy atom. The fraction of sp³-hybridized carbons (Fsp3) is 0.353. The monoisotopic (exact) mass is 350 g/mol. The molecule has 0 spiro atoms. The van der Waals surface area contributed by atoms with Gasteiger partial charge in [-0.25, -0.2) is 14.2 Å². The molecule has 0 bridgehead atoms. The first-order chi connectivity index (χ1) is 11.3. The van der Waals surface area contributed by atoms with Crippen molar-refractivity contribution >= 4 is 23.2 Å². The normalized spacial score (nSPS) is 12.2. The molecule has 1 unspecified atom stereocenters. The van der Waals surface area contributed by atoms with Gasteiger partial charge in [0, 0.05) is 11.8 Å². The van der Waals surface area contributed by atoms with Crippen molar-refractivity contribution in [3.8, 4) is 0 Å². The van der Waals surface area contributed by atoms with E-state index in [-0.39, 0.29) is 24.1 Å². The van der Waals surface area contributed by atoms with Crippen LogP contribution in [0, 0.1) is 11.7 Å². The van der Waals surface area contributed by atoms with Crippen molar-refractivity contribution in [2.24, 2.45) is 5.92 Å². The predicted molar refractivity (Wildman–Crippen MR) is 89.4 cm³/mol. The molecule has 1 aromatic carbocycles. The minimum atomic E-state index is -1.05. The summed E-state index contributed by atoms with van der Waals surface area (Å²) in [6.45, 7) is 3.48. The number of halogens is 1. The number of amides is 1. The predicted octanol–water partition coefficient (Wildman–Crippen LogP) is 2.64. The van der Waals surface area contributed by atoms with Gasteiger partial charge in [-0.3, -0.25) is 4.79 Å². The molecular weight excluding hydrogens is 331 g/mol. The summed E-state index contributed by atoms with van der Waals surface area (Å²) < 4.78 is 12.9. The Morgan fingerprint density at radius 1 is 1.29 bits per heavy atom. The van der Waals surface area contributed by atoms with E-state index in [1.807, 2.05) is 0 Å². The molecule has 0 fully saturated rings. The summed E-state index contributed by atoms with van der Waals surface area (Å²) >= 11 is 1.42. The van der Waals surface area contributed by atoms with Gasteiger partial charge >= 0.3 is 5.97 Å². The molecule has 0 saturated heterocycles. The SMILES string of the molecule is CC(C)C(NC(=O)Cc1csc(Cc2ccc(F)cc2)n1)C(=O)O. The molecule has 1 atom stereocenters. The lowest BCUT2D eigenvalue weighted by atomic mass is 10.0. The van der Waals surface area contributed by atoms with Gasteiger partial charge in [-0.05, 0) is 23.6 Å². The molecule has 0 aliphatic rings. The summed E-state index contributed by atoms with van der Waals surface area (Å²) in [5, 5.41) is 14.2. The number of aromatic nitrogens is 1. The fourth-order valence-electron chi connectivity index (χ4n) is 2.19. The fourth-order valence-corrected chi connectivity index (χ4v) is 3.02. The highest BCUT2D eigenvalue weighted by Crippen LogP contribution is 2.16. The minimum Gasteiger partial charge on any atom is -0.480 e. The highest BCUT2D eigenvalue weighted by atomic mass is 32.1. The quantitative estimate of drug-likeness (QED) is 0.805. The number of benzene rings is 1. The van der Waals surface area contributed by atoms with E-state index in [0.29, 0.717) is 12.1 Å². The Labute approximate surface area is 143 Å². The number of aliphatic carboxylic acids is 1. The van der Waals surface area contributed by atoms with Crippen molar-refractivity contribution in [2.75, 3.05) is 0 Å². The second-order valence-electron chi connectivity index (χ2n) is 5.84. The van der Waals surface area contributed by atoms with E-state index in [1.165, 1.54) is 23.5 Å².